The van der Waals surface area contributed by atoms with Crippen LogP contribution in [0.2, 0.25) is 0 Å². The van der Waals surface area contributed by atoms with E-state index in [0.29, 0.717) is 11.8 Å². The Balaban J connectivity index is 1.54. The summed E-state index contributed by atoms with van der Waals surface area (Å²) in [5.74, 6) is 1.12. The van der Waals surface area contributed by atoms with Gasteiger partial charge in [-0.05, 0) is 106 Å². The first-order chi connectivity index (χ1) is 28.3. The topological polar surface area (TPSA) is 43.8 Å². The molecule has 4 nitrogen and oxygen atoms in total. The van der Waals surface area contributed by atoms with Crippen molar-refractivity contribution in [2.45, 2.75) is 188 Å². The van der Waals surface area contributed by atoms with Gasteiger partial charge in [0.1, 0.15) is 0 Å². The zero-order valence-electron chi connectivity index (χ0n) is 36.4. The Hall–Kier alpha value is -1.45. The van der Waals surface area contributed by atoms with Crippen molar-refractivity contribution in [3.05, 3.63) is 64.2 Å². The number of unbranched alkanes of at least 4 members (excludes halogenated alkanes) is 16. The molecule has 0 saturated carbocycles. The van der Waals surface area contributed by atoms with Crippen LogP contribution in [0.4, 0.5) is 11.4 Å². The van der Waals surface area contributed by atoms with Gasteiger partial charge in [0.15, 0.2) is 6.23 Å². The van der Waals surface area contributed by atoms with Gasteiger partial charge in [0, 0.05) is 44.5 Å². The molecule has 2 aliphatic rings. The molecule has 0 fully saturated rings. The first-order valence-corrected chi connectivity index (χ1v) is 26.7. The van der Waals surface area contributed by atoms with Crippen molar-refractivity contribution < 1.29 is 9.90 Å². The number of carbonyl (C=O) groups excluding carboxylic acids is 1. The summed E-state index contributed by atoms with van der Waals surface area (Å²) in [5.41, 5.74) is 3.91. The largest absolute Gasteiger partial charge is 0.369 e. The van der Waals surface area contributed by atoms with Gasteiger partial charge >= 0.3 is 0 Å². The molecule has 5 rings (SSSR count). The van der Waals surface area contributed by atoms with Gasteiger partial charge in [-0.3, -0.25) is 4.79 Å². The summed E-state index contributed by atoms with van der Waals surface area (Å²) in [5, 5.41) is 14.6. The van der Waals surface area contributed by atoms with Gasteiger partial charge in [-0.1, -0.05) is 156 Å². The molecule has 322 valence electrons. The highest BCUT2D eigenvalue weighted by Crippen LogP contribution is 2.39. The molecule has 8 heteroatoms. The second-order valence-electron chi connectivity index (χ2n) is 17.4. The van der Waals surface area contributed by atoms with E-state index in [1.165, 1.54) is 154 Å². The predicted octanol–water partition coefficient (Wildman–Crippen LogP) is 14.9. The van der Waals surface area contributed by atoms with E-state index in [-0.39, 0.29) is 5.91 Å². The molecule has 1 aromatic carbocycles. The second kappa shape index (κ2) is 25.5. The molecular weight excluding hydrogens is 885 g/mol. The summed E-state index contributed by atoms with van der Waals surface area (Å²) < 4.78 is 2.11. The zero-order valence-corrected chi connectivity index (χ0v) is 41.2. The van der Waals surface area contributed by atoms with Gasteiger partial charge in [0.2, 0.25) is 0 Å². The monoisotopic (exact) mass is 956 g/mol. The first-order valence-electron chi connectivity index (χ1n) is 23.5. The molecule has 2 aliphatic heterocycles. The maximum Gasteiger partial charge on any atom is 0.260 e. The number of thiophene rings is 2. The standard InChI is InChI=1S/C50H74Br2N2O2S2/c1-5-9-13-17-19-23-27-37(25-21-15-11-7-3)35-53-41-33-40-42(34-39(41)47(49(53)55)43-29-31-45(51)57-43)54(50(56)48(40)44-30-32-46(52)58-44)36-38(26-22-16-12-8-4)28-24-20-18-14-10-6-2/h29-34,37-38,49,55H,5-28,35-36H2,1-4H3. The highest BCUT2D eigenvalue weighted by atomic mass is 79.9. The Labute approximate surface area is 377 Å². The van der Waals surface area contributed by atoms with Crippen LogP contribution in [0.25, 0.3) is 11.1 Å². The van der Waals surface area contributed by atoms with Crippen molar-refractivity contribution in [3.8, 4) is 0 Å². The number of nitrogens with zero attached hydrogens (tertiary/aromatic N) is 2. The van der Waals surface area contributed by atoms with Crippen molar-refractivity contribution in [3.63, 3.8) is 0 Å². The third kappa shape index (κ3) is 13.3. The number of aliphatic hydroxyl groups is 1. The molecule has 0 saturated heterocycles. The van der Waals surface area contributed by atoms with E-state index in [1.54, 1.807) is 22.7 Å². The van der Waals surface area contributed by atoms with Crippen molar-refractivity contribution in [1.29, 1.82) is 0 Å². The average Bonchev–Trinajstić information content (AvgIpc) is 3.97. The number of benzene rings is 1. The van der Waals surface area contributed by atoms with Crippen LogP contribution in [0.1, 0.15) is 192 Å². The second-order valence-corrected chi connectivity index (χ2v) is 22.3. The fraction of sp³-hybridized carbons (Fsp3) is 0.660. The molecule has 0 radical (unpaired) electrons. The summed E-state index contributed by atoms with van der Waals surface area (Å²) in [6.45, 7) is 10.7. The molecule has 58 heavy (non-hydrogen) atoms. The lowest BCUT2D eigenvalue weighted by molar-refractivity contribution is -0.113. The molecule has 2 aromatic heterocycles. The van der Waals surface area contributed by atoms with Gasteiger partial charge in [-0.25, -0.2) is 0 Å². The highest BCUT2D eigenvalue weighted by molar-refractivity contribution is 9.11. The molecular formula is C50H74Br2N2O2S2. The molecule has 3 atom stereocenters. The molecule has 1 amide bonds. The first kappa shape index (κ1) is 47.6. The maximum absolute atomic E-state index is 14.9. The minimum absolute atomic E-state index is 0.138. The van der Waals surface area contributed by atoms with Crippen LogP contribution in [0.15, 0.2) is 44.0 Å². The number of carbonyl (C=O) groups is 1. The van der Waals surface area contributed by atoms with E-state index in [0.717, 1.165) is 63.4 Å². The lowest BCUT2D eigenvalue weighted by atomic mass is 9.93. The number of anilines is 2. The van der Waals surface area contributed by atoms with E-state index in [9.17, 15) is 9.90 Å². The predicted molar refractivity (Wildman–Crippen MR) is 261 cm³/mol. The van der Waals surface area contributed by atoms with Crippen LogP contribution in [0.5, 0.6) is 0 Å². The lowest BCUT2D eigenvalue weighted by Crippen LogP contribution is -2.37. The highest BCUT2D eigenvalue weighted by Gasteiger charge is 2.38. The Morgan fingerprint density at radius 3 is 1.48 bits per heavy atom. The van der Waals surface area contributed by atoms with Crippen molar-refractivity contribution in [1.82, 2.24) is 0 Å². The van der Waals surface area contributed by atoms with E-state index in [1.807, 2.05) is 0 Å². The average molecular weight is 959 g/mol. The van der Waals surface area contributed by atoms with Crippen LogP contribution < -0.4 is 20.2 Å². The van der Waals surface area contributed by atoms with Crippen molar-refractivity contribution >= 4 is 83.0 Å². The fourth-order valence-corrected chi connectivity index (χ4v) is 12.3. The summed E-state index contributed by atoms with van der Waals surface area (Å²) in [6, 6.07) is 13.0. The van der Waals surface area contributed by atoms with Gasteiger partial charge in [0.25, 0.3) is 5.91 Å². The van der Waals surface area contributed by atoms with Crippen LogP contribution in [-0.4, -0.2) is 30.3 Å². The molecule has 1 N–H and O–H groups in total. The molecule has 3 aromatic rings. The maximum atomic E-state index is 14.9. The number of aliphatic hydroxyl groups excluding tert-OH is 1. The third-order valence-electron chi connectivity index (χ3n) is 12.7. The Morgan fingerprint density at radius 1 is 0.569 bits per heavy atom. The summed E-state index contributed by atoms with van der Waals surface area (Å²) in [7, 11) is 0. The molecule has 3 unspecified atom stereocenters. The van der Waals surface area contributed by atoms with Gasteiger partial charge < -0.3 is 14.9 Å². The Kier molecular flexibility index (Phi) is 20.9. The molecule has 0 bridgehead atoms. The normalized spacial score (nSPS) is 16.2. The smallest absolute Gasteiger partial charge is 0.260 e. The van der Waals surface area contributed by atoms with Crippen molar-refractivity contribution in [2.24, 2.45) is 11.8 Å². The molecule has 0 spiro atoms. The van der Waals surface area contributed by atoms with Crippen molar-refractivity contribution in [2.75, 3.05) is 22.9 Å². The van der Waals surface area contributed by atoms with Gasteiger partial charge in [-0.15, -0.1) is 22.7 Å². The lowest BCUT2D eigenvalue weighted by Gasteiger charge is -2.31. The van der Waals surface area contributed by atoms with Crippen LogP contribution in [0, 0.1) is 11.8 Å². The summed E-state index contributed by atoms with van der Waals surface area (Å²) in [6.07, 6.45) is 29.7. The minimum atomic E-state index is -0.728. The van der Waals surface area contributed by atoms with E-state index in [2.05, 4.69) is 106 Å². The minimum Gasteiger partial charge on any atom is -0.369 e. The summed E-state index contributed by atoms with van der Waals surface area (Å²) >= 11 is 10.8. The number of fused-ring (bicyclic) bond motifs is 2. The van der Waals surface area contributed by atoms with E-state index < -0.39 is 6.23 Å². The number of halogens is 2. The number of rotatable bonds is 30. The molecule has 0 aliphatic carbocycles. The van der Waals surface area contributed by atoms with E-state index in [4.69, 9.17) is 0 Å². The fourth-order valence-electron chi connectivity index (χ4n) is 9.36. The van der Waals surface area contributed by atoms with Crippen LogP contribution in [0.3, 0.4) is 0 Å². The van der Waals surface area contributed by atoms with Crippen LogP contribution in [-0.2, 0) is 4.79 Å². The SMILES string of the molecule is CCCCCCCCC(CCCCCC)CN1C(=O)C(c2ccc(Br)s2)=c2cc3c(cc21)=C(c1ccc(Br)s1)C(O)N3CC(CCCCCC)CCCCCCCC. The quantitative estimate of drug-likeness (QED) is 0.0677. The van der Waals surface area contributed by atoms with Gasteiger partial charge in [0.05, 0.1) is 18.8 Å². The third-order valence-corrected chi connectivity index (χ3v) is 16.0. The Bertz CT molecular complexity index is 1820. The van der Waals surface area contributed by atoms with Crippen LogP contribution >= 0.6 is 54.5 Å². The van der Waals surface area contributed by atoms with E-state index >= 15 is 0 Å². The number of hydrogen-bond donors (Lipinski definition) is 1. The Morgan fingerprint density at radius 2 is 1.00 bits per heavy atom. The van der Waals surface area contributed by atoms with Gasteiger partial charge in [-0.2, -0.15) is 0 Å². The summed E-state index contributed by atoms with van der Waals surface area (Å²) in [4.78, 5) is 21.5. The number of amides is 1. The number of hydrogen-bond acceptors (Lipinski definition) is 5. The zero-order chi connectivity index (χ0) is 41.3. The molecule has 4 heterocycles.